The Bertz CT molecular complexity index is 990. The van der Waals surface area contributed by atoms with Gasteiger partial charge in [0.1, 0.15) is 5.82 Å². The largest absolute Gasteiger partial charge is 0.356 e. The molecule has 1 N–H and O–H groups in total. The van der Waals surface area contributed by atoms with Crippen LogP contribution in [-0.4, -0.2) is 47.8 Å². The second kappa shape index (κ2) is 10.6. The smallest absolute Gasteiger partial charge is 0.243 e. The van der Waals surface area contributed by atoms with E-state index in [-0.39, 0.29) is 10.8 Å². The fourth-order valence-electron chi connectivity index (χ4n) is 4.54. The van der Waals surface area contributed by atoms with Crippen LogP contribution in [0.4, 0.5) is 0 Å². The number of benzene rings is 1. The summed E-state index contributed by atoms with van der Waals surface area (Å²) in [6.07, 6.45) is 7.21. The van der Waals surface area contributed by atoms with E-state index in [1.54, 1.807) is 12.1 Å². The quantitative estimate of drug-likeness (QED) is 0.600. The van der Waals surface area contributed by atoms with E-state index < -0.39 is 10.0 Å². The predicted octanol–water partition coefficient (Wildman–Crippen LogP) is 3.72. The van der Waals surface area contributed by atoms with E-state index in [1.165, 1.54) is 36.4 Å². The van der Waals surface area contributed by atoms with Gasteiger partial charge in [0, 0.05) is 39.0 Å². The Morgan fingerprint density at radius 2 is 1.87 bits per heavy atom. The van der Waals surface area contributed by atoms with E-state index in [0.29, 0.717) is 37.4 Å². The van der Waals surface area contributed by atoms with Crippen molar-refractivity contribution in [3.8, 4) is 0 Å². The summed E-state index contributed by atoms with van der Waals surface area (Å²) in [5.41, 5.74) is 1.56. The van der Waals surface area contributed by atoms with Gasteiger partial charge in [0.15, 0.2) is 0 Å². The van der Waals surface area contributed by atoms with Crippen molar-refractivity contribution in [2.24, 2.45) is 5.92 Å². The number of carbonyl (C=O) groups is 1. The average Bonchev–Trinajstić information content (AvgIpc) is 3.14. The Morgan fingerprint density at radius 1 is 1.16 bits per heavy atom. The maximum Gasteiger partial charge on any atom is 0.243 e. The summed E-state index contributed by atoms with van der Waals surface area (Å²) >= 11 is 0. The van der Waals surface area contributed by atoms with Crippen molar-refractivity contribution in [3.63, 3.8) is 0 Å². The van der Waals surface area contributed by atoms with Gasteiger partial charge in [-0.1, -0.05) is 33.1 Å². The molecule has 1 aromatic heterocycles. The third kappa shape index (κ3) is 5.47. The number of amides is 1. The highest BCUT2D eigenvalue weighted by molar-refractivity contribution is 7.89. The first-order valence-corrected chi connectivity index (χ1v) is 13.1. The van der Waals surface area contributed by atoms with Gasteiger partial charge in [-0.05, 0) is 43.9 Å². The molecular weight excluding hydrogens is 412 g/mol. The van der Waals surface area contributed by atoms with E-state index >= 15 is 0 Å². The highest BCUT2D eigenvalue weighted by Gasteiger charge is 2.23. The Labute approximate surface area is 186 Å². The first-order chi connectivity index (χ1) is 14.9. The minimum Gasteiger partial charge on any atom is -0.356 e. The second-order valence-corrected chi connectivity index (χ2v) is 10.3. The number of aryl methyl sites for hydroxylation is 2. The molecule has 1 amide bonds. The van der Waals surface area contributed by atoms with Crippen LogP contribution in [0.5, 0.6) is 0 Å². The molecule has 0 radical (unpaired) electrons. The topological polar surface area (TPSA) is 84.3 Å². The lowest BCUT2D eigenvalue weighted by atomic mass is 9.89. The summed E-state index contributed by atoms with van der Waals surface area (Å²) in [4.78, 5) is 17.3. The Hall–Kier alpha value is -1.93. The molecule has 7 nitrogen and oxygen atoms in total. The lowest BCUT2D eigenvalue weighted by Crippen LogP contribution is -2.30. The normalized spacial score (nSPS) is 15.6. The van der Waals surface area contributed by atoms with E-state index in [0.717, 1.165) is 24.4 Å². The van der Waals surface area contributed by atoms with Gasteiger partial charge in [-0.2, -0.15) is 4.31 Å². The maximum atomic E-state index is 12.9. The Balaban J connectivity index is 1.71. The molecule has 0 spiro atoms. The van der Waals surface area contributed by atoms with Gasteiger partial charge in [-0.15, -0.1) is 0 Å². The van der Waals surface area contributed by atoms with Gasteiger partial charge in [-0.25, -0.2) is 13.4 Å². The van der Waals surface area contributed by atoms with Gasteiger partial charge in [0.05, 0.1) is 15.9 Å². The number of nitrogens with zero attached hydrogens (tertiary/aromatic N) is 3. The van der Waals surface area contributed by atoms with Crippen LogP contribution in [0.3, 0.4) is 0 Å². The van der Waals surface area contributed by atoms with Crippen molar-refractivity contribution >= 4 is 27.0 Å². The highest BCUT2D eigenvalue weighted by Crippen LogP contribution is 2.24. The zero-order valence-corrected chi connectivity index (χ0v) is 19.9. The molecule has 1 saturated carbocycles. The van der Waals surface area contributed by atoms with Crippen molar-refractivity contribution in [2.75, 3.05) is 19.6 Å². The van der Waals surface area contributed by atoms with Gasteiger partial charge in [-0.3, -0.25) is 4.79 Å². The summed E-state index contributed by atoms with van der Waals surface area (Å²) in [5, 5.41) is 3.09. The minimum absolute atomic E-state index is 0.0603. The fraction of sp³-hybridized carbons (Fsp3) is 0.652. The van der Waals surface area contributed by atoms with Crippen molar-refractivity contribution < 1.29 is 13.2 Å². The number of carbonyl (C=O) groups excluding carboxylic acids is 1. The maximum absolute atomic E-state index is 12.9. The Morgan fingerprint density at radius 3 is 2.52 bits per heavy atom. The van der Waals surface area contributed by atoms with Crippen LogP contribution in [0.15, 0.2) is 23.1 Å². The zero-order chi connectivity index (χ0) is 22.4. The molecule has 1 aliphatic rings. The first kappa shape index (κ1) is 23.7. The molecule has 1 aliphatic carbocycles. The predicted molar refractivity (Wildman–Crippen MR) is 123 cm³/mol. The molecule has 172 valence electrons. The molecule has 1 fully saturated rings. The molecular formula is C23H36N4O3S. The third-order valence-electron chi connectivity index (χ3n) is 6.35. The van der Waals surface area contributed by atoms with Crippen LogP contribution in [-0.2, 0) is 27.8 Å². The Kier molecular flexibility index (Phi) is 8.11. The second-order valence-electron chi connectivity index (χ2n) is 8.32. The van der Waals surface area contributed by atoms with Crippen LogP contribution < -0.4 is 5.32 Å². The molecule has 1 aromatic carbocycles. The summed E-state index contributed by atoms with van der Waals surface area (Å²) < 4.78 is 29.2. The molecule has 0 saturated heterocycles. The third-order valence-corrected chi connectivity index (χ3v) is 8.39. The monoisotopic (exact) mass is 448 g/mol. The van der Waals surface area contributed by atoms with Crippen LogP contribution in [0.1, 0.15) is 65.1 Å². The summed E-state index contributed by atoms with van der Waals surface area (Å²) in [6, 6.07) is 5.14. The van der Waals surface area contributed by atoms with Crippen molar-refractivity contribution in [1.82, 2.24) is 19.2 Å². The highest BCUT2D eigenvalue weighted by atomic mass is 32.2. The lowest BCUT2D eigenvalue weighted by Gasteiger charge is -2.21. The molecule has 0 atom stereocenters. The van der Waals surface area contributed by atoms with Crippen molar-refractivity contribution in [2.45, 2.75) is 77.2 Å². The van der Waals surface area contributed by atoms with Crippen molar-refractivity contribution in [3.05, 3.63) is 24.0 Å². The van der Waals surface area contributed by atoms with E-state index in [4.69, 9.17) is 4.98 Å². The number of hydrogen-bond donors (Lipinski definition) is 1. The number of rotatable bonds is 10. The van der Waals surface area contributed by atoms with Gasteiger partial charge in [0.25, 0.3) is 0 Å². The van der Waals surface area contributed by atoms with E-state index in [2.05, 4.69) is 9.88 Å². The molecule has 1 heterocycles. The summed E-state index contributed by atoms with van der Waals surface area (Å²) in [5.74, 6) is 1.50. The minimum atomic E-state index is -3.53. The van der Waals surface area contributed by atoms with E-state index in [1.807, 2.05) is 26.8 Å². The molecule has 8 heteroatoms. The van der Waals surface area contributed by atoms with Crippen LogP contribution >= 0.6 is 0 Å². The molecule has 0 unspecified atom stereocenters. The number of hydrogen-bond acceptors (Lipinski definition) is 4. The van der Waals surface area contributed by atoms with Crippen LogP contribution in [0.2, 0.25) is 0 Å². The average molecular weight is 449 g/mol. The summed E-state index contributed by atoms with van der Waals surface area (Å²) in [6.45, 7) is 8.07. The number of fused-ring (bicyclic) bond motifs is 1. The molecule has 3 rings (SSSR count). The van der Waals surface area contributed by atoms with Crippen LogP contribution in [0.25, 0.3) is 11.0 Å². The number of aromatic nitrogens is 2. The molecule has 2 aromatic rings. The fourth-order valence-corrected chi connectivity index (χ4v) is 6.02. The zero-order valence-electron chi connectivity index (χ0n) is 19.1. The van der Waals surface area contributed by atoms with Gasteiger partial charge < -0.3 is 9.88 Å². The number of nitrogens with one attached hydrogen (secondary N) is 1. The van der Waals surface area contributed by atoms with Gasteiger partial charge >= 0.3 is 0 Å². The van der Waals surface area contributed by atoms with Crippen molar-refractivity contribution in [1.29, 1.82) is 0 Å². The molecule has 31 heavy (non-hydrogen) atoms. The SMILES string of the molecule is CCN(CC)S(=O)(=O)c1ccc2c(c1)nc(CCC(=O)NCC1CCCCC1)n2CC. The summed E-state index contributed by atoms with van der Waals surface area (Å²) in [7, 11) is -3.53. The van der Waals surface area contributed by atoms with Gasteiger partial charge in [0.2, 0.25) is 15.9 Å². The molecule has 0 bridgehead atoms. The number of imidazole rings is 1. The lowest BCUT2D eigenvalue weighted by molar-refractivity contribution is -0.121. The standard InChI is InChI=1S/C23H36N4O3S/c1-4-26(5-2)31(29,30)19-12-13-21-20(16-19)25-22(27(21)6-3)14-15-23(28)24-17-18-10-8-7-9-11-18/h12-13,16,18H,4-11,14-15,17H2,1-3H3,(H,24,28). The molecule has 0 aliphatic heterocycles. The van der Waals surface area contributed by atoms with Crippen LogP contribution in [0, 0.1) is 5.92 Å². The number of sulfonamides is 1. The first-order valence-electron chi connectivity index (χ1n) is 11.7. The van der Waals surface area contributed by atoms with E-state index in [9.17, 15) is 13.2 Å².